The van der Waals surface area contributed by atoms with Crippen LogP contribution in [0.5, 0.6) is 5.75 Å². The Morgan fingerprint density at radius 3 is 2.33 bits per heavy atom. The monoisotopic (exact) mass is 407 g/mol. The second-order valence-electron chi connectivity index (χ2n) is 8.08. The van der Waals surface area contributed by atoms with Crippen LogP contribution >= 0.6 is 0 Å². The number of hydrogen-bond acceptors (Lipinski definition) is 4. The third kappa shape index (κ3) is 5.75. The fourth-order valence-electron chi connectivity index (χ4n) is 3.68. The lowest BCUT2D eigenvalue weighted by Gasteiger charge is -2.22. The predicted molar refractivity (Wildman–Crippen MR) is 119 cm³/mol. The van der Waals surface area contributed by atoms with E-state index in [1.165, 1.54) is 31.4 Å². The summed E-state index contributed by atoms with van der Waals surface area (Å²) in [6, 6.07) is 15.1. The summed E-state index contributed by atoms with van der Waals surface area (Å²) in [5, 5.41) is 5.76. The van der Waals surface area contributed by atoms with Gasteiger partial charge >= 0.3 is 0 Å². The van der Waals surface area contributed by atoms with Crippen molar-refractivity contribution >= 4 is 28.9 Å². The van der Waals surface area contributed by atoms with Crippen LogP contribution in [0.2, 0.25) is 0 Å². The van der Waals surface area contributed by atoms with Crippen molar-refractivity contribution in [2.45, 2.75) is 38.5 Å². The standard InChI is InChI=1S/C24H29N3O3/c28-23(17-30-22-7-5-6-20(16-22)26-24(29)18-8-9-18)25-19-10-12-21(13-11-19)27-14-3-1-2-4-15-27/h5-7,10-13,16,18H,1-4,8-9,14-15,17H2,(H,25,28)(H,26,29). The SMILES string of the molecule is O=C(COc1cccc(NC(=O)C2CC2)c1)Nc1ccc(N2CCCCCC2)cc1. The van der Waals surface area contributed by atoms with Crippen molar-refractivity contribution in [2.24, 2.45) is 5.92 Å². The average molecular weight is 408 g/mol. The topological polar surface area (TPSA) is 70.7 Å². The highest BCUT2D eigenvalue weighted by molar-refractivity contribution is 5.94. The number of ether oxygens (including phenoxy) is 1. The second-order valence-corrected chi connectivity index (χ2v) is 8.08. The molecule has 0 aromatic heterocycles. The first-order chi connectivity index (χ1) is 14.7. The number of amides is 2. The van der Waals surface area contributed by atoms with E-state index in [0.29, 0.717) is 11.4 Å². The minimum atomic E-state index is -0.218. The zero-order valence-electron chi connectivity index (χ0n) is 17.2. The first kappa shape index (κ1) is 20.3. The smallest absolute Gasteiger partial charge is 0.262 e. The molecule has 2 aromatic carbocycles. The van der Waals surface area contributed by atoms with Crippen LogP contribution in [0.25, 0.3) is 0 Å². The van der Waals surface area contributed by atoms with Crippen molar-refractivity contribution in [2.75, 3.05) is 35.2 Å². The highest BCUT2D eigenvalue weighted by atomic mass is 16.5. The molecular formula is C24H29N3O3. The molecule has 1 saturated carbocycles. The summed E-state index contributed by atoms with van der Waals surface area (Å²) in [6.07, 6.45) is 7.01. The molecule has 0 radical (unpaired) electrons. The molecule has 6 nitrogen and oxygen atoms in total. The van der Waals surface area contributed by atoms with Crippen LogP contribution in [0.3, 0.4) is 0 Å². The van der Waals surface area contributed by atoms with Gasteiger partial charge in [-0.05, 0) is 62.1 Å². The Labute approximate surface area is 177 Å². The van der Waals surface area contributed by atoms with Gasteiger partial charge < -0.3 is 20.3 Å². The normalized spacial score (nSPS) is 16.5. The quantitative estimate of drug-likeness (QED) is 0.712. The number of carbonyl (C=O) groups excluding carboxylic acids is 2. The van der Waals surface area contributed by atoms with E-state index in [-0.39, 0.29) is 24.3 Å². The highest BCUT2D eigenvalue weighted by Gasteiger charge is 2.29. The fraction of sp³-hybridized carbons (Fsp3) is 0.417. The predicted octanol–water partition coefficient (Wildman–Crippen LogP) is 4.43. The molecule has 2 amide bonds. The molecule has 0 bridgehead atoms. The van der Waals surface area contributed by atoms with Gasteiger partial charge in [0.15, 0.2) is 6.61 Å². The Morgan fingerprint density at radius 2 is 1.63 bits per heavy atom. The molecule has 4 rings (SSSR count). The maximum atomic E-state index is 12.3. The summed E-state index contributed by atoms with van der Waals surface area (Å²) < 4.78 is 5.60. The number of benzene rings is 2. The van der Waals surface area contributed by atoms with Gasteiger partial charge in [0.05, 0.1) is 0 Å². The fourth-order valence-corrected chi connectivity index (χ4v) is 3.68. The summed E-state index contributed by atoms with van der Waals surface area (Å²) in [5.74, 6) is 0.528. The van der Waals surface area contributed by atoms with Crippen molar-refractivity contribution in [3.05, 3.63) is 48.5 Å². The van der Waals surface area contributed by atoms with Gasteiger partial charge in [0.1, 0.15) is 5.75 Å². The van der Waals surface area contributed by atoms with E-state index >= 15 is 0 Å². The van der Waals surface area contributed by atoms with E-state index < -0.39 is 0 Å². The molecule has 0 atom stereocenters. The molecule has 0 spiro atoms. The van der Waals surface area contributed by atoms with E-state index in [1.54, 1.807) is 18.2 Å². The van der Waals surface area contributed by atoms with Gasteiger partial charge in [-0.1, -0.05) is 18.9 Å². The molecule has 2 fully saturated rings. The van der Waals surface area contributed by atoms with Crippen LogP contribution in [0.1, 0.15) is 38.5 Å². The third-order valence-corrected chi connectivity index (χ3v) is 5.54. The van der Waals surface area contributed by atoms with Crippen LogP contribution in [0.4, 0.5) is 17.1 Å². The first-order valence-electron chi connectivity index (χ1n) is 10.9. The molecule has 0 unspecified atom stereocenters. The number of rotatable bonds is 7. The Bertz CT molecular complexity index is 870. The molecule has 1 aliphatic heterocycles. The highest BCUT2D eigenvalue weighted by Crippen LogP contribution is 2.30. The third-order valence-electron chi connectivity index (χ3n) is 5.54. The zero-order valence-corrected chi connectivity index (χ0v) is 17.2. The minimum Gasteiger partial charge on any atom is -0.484 e. The minimum absolute atomic E-state index is 0.0496. The molecule has 6 heteroatoms. The Kier molecular flexibility index (Phi) is 6.52. The molecule has 158 valence electrons. The molecule has 1 heterocycles. The molecule has 1 aliphatic carbocycles. The maximum absolute atomic E-state index is 12.3. The molecule has 2 aliphatic rings. The van der Waals surface area contributed by atoms with Crippen LogP contribution in [-0.2, 0) is 9.59 Å². The van der Waals surface area contributed by atoms with E-state index in [4.69, 9.17) is 4.74 Å². The van der Waals surface area contributed by atoms with E-state index in [2.05, 4.69) is 27.7 Å². The van der Waals surface area contributed by atoms with Crippen molar-refractivity contribution < 1.29 is 14.3 Å². The molecule has 30 heavy (non-hydrogen) atoms. The molecule has 2 aromatic rings. The number of hydrogen-bond donors (Lipinski definition) is 2. The zero-order chi connectivity index (χ0) is 20.8. The Balaban J connectivity index is 1.26. The number of anilines is 3. The van der Waals surface area contributed by atoms with Crippen LogP contribution in [0, 0.1) is 5.92 Å². The lowest BCUT2D eigenvalue weighted by molar-refractivity contribution is -0.118. The number of nitrogens with zero attached hydrogens (tertiary/aromatic N) is 1. The van der Waals surface area contributed by atoms with Gasteiger partial charge in [-0.25, -0.2) is 0 Å². The lowest BCUT2D eigenvalue weighted by Crippen LogP contribution is -2.24. The van der Waals surface area contributed by atoms with Crippen molar-refractivity contribution in [3.8, 4) is 5.75 Å². The van der Waals surface area contributed by atoms with E-state index in [9.17, 15) is 9.59 Å². The number of carbonyl (C=O) groups is 2. The first-order valence-corrected chi connectivity index (χ1v) is 10.9. The second kappa shape index (κ2) is 9.65. The number of nitrogens with one attached hydrogen (secondary N) is 2. The van der Waals surface area contributed by atoms with Crippen LogP contribution < -0.4 is 20.3 Å². The Hall–Kier alpha value is -3.02. The lowest BCUT2D eigenvalue weighted by atomic mass is 10.2. The largest absolute Gasteiger partial charge is 0.484 e. The van der Waals surface area contributed by atoms with E-state index in [1.807, 2.05) is 18.2 Å². The van der Waals surface area contributed by atoms with E-state index in [0.717, 1.165) is 31.6 Å². The van der Waals surface area contributed by atoms with Gasteiger partial charge in [-0.15, -0.1) is 0 Å². The summed E-state index contributed by atoms with van der Waals surface area (Å²) in [4.78, 5) is 26.6. The van der Waals surface area contributed by atoms with Gasteiger partial charge in [-0.2, -0.15) is 0 Å². The van der Waals surface area contributed by atoms with Crippen LogP contribution in [0.15, 0.2) is 48.5 Å². The Morgan fingerprint density at radius 1 is 0.900 bits per heavy atom. The molecule has 2 N–H and O–H groups in total. The molecular weight excluding hydrogens is 378 g/mol. The average Bonchev–Trinajstić information content (AvgIpc) is 3.60. The van der Waals surface area contributed by atoms with Gasteiger partial charge in [0.25, 0.3) is 5.91 Å². The van der Waals surface area contributed by atoms with Crippen molar-refractivity contribution in [1.29, 1.82) is 0 Å². The maximum Gasteiger partial charge on any atom is 0.262 e. The van der Waals surface area contributed by atoms with Gasteiger partial charge in [0.2, 0.25) is 5.91 Å². The van der Waals surface area contributed by atoms with Crippen LogP contribution in [-0.4, -0.2) is 31.5 Å². The summed E-state index contributed by atoms with van der Waals surface area (Å²) in [5.41, 5.74) is 2.65. The summed E-state index contributed by atoms with van der Waals surface area (Å²) >= 11 is 0. The van der Waals surface area contributed by atoms with Gasteiger partial charge in [-0.3, -0.25) is 9.59 Å². The van der Waals surface area contributed by atoms with Crippen molar-refractivity contribution in [1.82, 2.24) is 0 Å². The summed E-state index contributed by atoms with van der Waals surface area (Å²) in [6.45, 7) is 2.10. The van der Waals surface area contributed by atoms with Crippen molar-refractivity contribution in [3.63, 3.8) is 0 Å². The molecule has 1 saturated heterocycles. The summed E-state index contributed by atoms with van der Waals surface area (Å²) in [7, 11) is 0. The van der Waals surface area contributed by atoms with Gasteiger partial charge in [0, 0.05) is 42.1 Å².